The molecular formula is C13H16N2O2S. The van der Waals surface area contributed by atoms with Crippen molar-refractivity contribution in [2.24, 2.45) is 5.92 Å². The predicted octanol–water partition coefficient (Wildman–Crippen LogP) is 3.17. The zero-order valence-electron chi connectivity index (χ0n) is 10.3. The molecular weight excluding hydrogens is 248 g/mol. The van der Waals surface area contributed by atoms with Gasteiger partial charge in [-0.15, -0.1) is 11.3 Å². The molecule has 0 bridgehead atoms. The highest BCUT2D eigenvalue weighted by Gasteiger charge is 2.23. The van der Waals surface area contributed by atoms with E-state index in [1.54, 1.807) is 4.40 Å². The van der Waals surface area contributed by atoms with Crippen molar-refractivity contribution in [2.45, 2.75) is 38.7 Å². The quantitative estimate of drug-likeness (QED) is 0.800. The Morgan fingerprint density at radius 2 is 2.44 bits per heavy atom. The van der Waals surface area contributed by atoms with Crippen LogP contribution < -0.4 is 4.74 Å². The number of ether oxygens (including phenoxy) is 1. The van der Waals surface area contributed by atoms with Crippen LogP contribution in [0.2, 0.25) is 0 Å². The second-order valence-electron chi connectivity index (χ2n) is 4.99. The molecule has 2 atom stereocenters. The zero-order chi connectivity index (χ0) is 12.5. The number of carbonyl (C=O) groups is 1. The molecule has 0 amide bonds. The Kier molecular flexibility index (Phi) is 3.07. The molecule has 1 aliphatic rings. The van der Waals surface area contributed by atoms with Gasteiger partial charge in [0.2, 0.25) is 5.88 Å². The normalized spacial score (nSPS) is 24.3. The number of aromatic nitrogens is 2. The Morgan fingerprint density at radius 1 is 1.56 bits per heavy atom. The highest BCUT2D eigenvalue weighted by molar-refractivity contribution is 7.15. The van der Waals surface area contributed by atoms with Crippen LogP contribution >= 0.6 is 11.3 Å². The van der Waals surface area contributed by atoms with Gasteiger partial charge in [0, 0.05) is 11.6 Å². The average Bonchev–Trinajstić information content (AvgIpc) is 2.89. The Bertz CT molecular complexity index is 560. The summed E-state index contributed by atoms with van der Waals surface area (Å²) in [5.74, 6) is 1.20. The van der Waals surface area contributed by atoms with Gasteiger partial charge in [-0.25, -0.2) is 0 Å². The number of aldehydes is 1. The number of hydrogen-bond acceptors (Lipinski definition) is 4. The SMILES string of the molecule is CC1CCCC(Oc2nc3sccn3c2C=O)C1. The summed E-state index contributed by atoms with van der Waals surface area (Å²) in [6, 6.07) is 0. The Hall–Kier alpha value is -1.36. The van der Waals surface area contributed by atoms with Gasteiger partial charge in [-0.1, -0.05) is 13.3 Å². The summed E-state index contributed by atoms with van der Waals surface area (Å²) in [6.45, 7) is 2.25. The molecule has 0 aromatic carbocycles. The largest absolute Gasteiger partial charge is 0.473 e. The van der Waals surface area contributed by atoms with Crippen molar-refractivity contribution >= 4 is 22.6 Å². The van der Waals surface area contributed by atoms with Crippen LogP contribution in [0.4, 0.5) is 0 Å². The first-order valence-corrected chi connectivity index (χ1v) is 7.23. The number of hydrogen-bond donors (Lipinski definition) is 0. The Balaban J connectivity index is 1.85. The van der Waals surface area contributed by atoms with E-state index in [0.29, 0.717) is 17.5 Å². The van der Waals surface area contributed by atoms with Gasteiger partial charge in [-0.3, -0.25) is 9.20 Å². The van der Waals surface area contributed by atoms with Gasteiger partial charge >= 0.3 is 0 Å². The maximum atomic E-state index is 11.2. The molecule has 2 heterocycles. The van der Waals surface area contributed by atoms with Crippen LogP contribution in [0.3, 0.4) is 0 Å². The minimum Gasteiger partial charge on any atom is -0.473 e. The van der Waals surface area contributed by atoms with E-state index in [1.165, 1.54) is 24.2 Å². The Morgan fingerprint density at radius 3 is 3.22 bits per heavy atom. The summed E-state index contributed by atoms with van der Waals surface area (Å²) >= 11 is 1.51. The molecule has 0 saturated heterocycles. The average molecular weight is 264 g/mol. The van der Waals surface area contributed by atoms with Crippen molar-refractivity contribution in [1.82, 2.24) is 9.38 Å². The van der Waals surface area contributed by atoms with Crippen molar-refractivity contribution in [3.63, 3.8) is 0 Å². The molecule has 2 aromatic heterocycles. The lowest BCUT2D eigenvalue weighted by atomic mass is 9.89. The first-order valence-electron chi connectivity index (χ1n) is 6.35. The highest BCUT2D eigenvalue weighted by Crippen LogP contribution is 2.29. The first-order chi connectivity index (χ1) is 8.78. The summed E-state index contributed by atoms with van der Waals surface area (Å²) in [7, 11) is 0. The van der Waals surface area contributed by atoms with E-state index in [0.717, 1.165) is 24.1 Å². The molecule has 0 radical (unpaired) electrons. The van der Waals surface area contributed by atoms with Crippen LogP contribution in [0, 0.1) is 5.92 Å². The van der Waals surface area contributed by atoms with Gasteiger partial charge in [-0.2, -0.15) is 4.98 Å². The first kappa shape index (κ1) is 11.7. The standard InChI is InChI=1S/C13H16N2O2S/c1-9-3-2-4-10(7-9)17-12-11(8-16)15-5-6-18-13(15)14-12/h5-6,8-10H,2-4,7H2,1H3. The molecule has 96 valence electrons. The van der Waals surface area contributed by atoms with E-state index >= 15 is 0 Å². The fourth-order valence-electron chi connectivity index (χ4n) is 2.62. The maximum Gasteiger partial charge on any atom is 0.244 e. The molecule has 0 spiro atoms. The van der Waals surface area contributed by atoms with Crippen molar-refractivity contribution in [3.8, 4) is 5.88 Å². The van der Waals surface area contributed by atoms with E-state index in [2.05, 4.69) is 11.9 Å². The number of imidazole rings is 1. The van der Waals surface area contributed by atoms with Crippen LogP contribution in [0.1, 0.15) is 43.1 Å². The van der Waals surface area contributed by atoms with Gasteiger partial charge in [0.1, 0.15) is 6.10 Å². The zero-order valence-corrected chi connectivity index (χ0v) is 11.2. The van der Waals surface area contributed by atoms with E-state index in [9.17, 15) is 4.79 Å². The molecule has 0 N–H and O–H groups in total. The Labute approximate surface area is 110 Å². The number of fused-ring (bicyclic) bond motifs is 1. The molecule has 18 heavy (non-hydrogen) atoms. The lowest BCUT2D eigenvalue weighted by Gasteiger charge is -2.26. The predicted molar refractivity (Wildman–Crippen MR) is 70.5 cm³/mol. The van der Waals surface area contributed by atoms with Gasteiger partial charge in [0.05, 0.1) is 0 Å². The summed E-state index contributed by atoms with van der Waals surface area (Å²) < 4.78 is 7.73. The number of thiazole rings is 1. The molecule has 1 fully saturated rings. The van der Waals surface area contributed by atoms with Crippen molar-refractivity contribution in [2.75, 3.05) is 0 Å². The molecule has 2 aromatic rings. The minimum atomic E-state index is 0.206. The van der Waals surface area contributed by atoms with Crippen molar-refractivity contribution < 1.29 is 9.53 Å². The summed E-state index contributed by atoms with van der Waals surface area (Å²) in [5, 5.41) is 1.92. The van der Waals surface area contributed by atoms with Gasteiger partial charge in [0.25, 0.3) is 0 Å². The topological polar surface area (TPSA) is 43.6 Å². The summed E-state index contributed by atoms with van der Waals surface area (Å²) in [4.78, 5) is 16.4. The van der Waals surface area contributed by atoms with E-state index in [4.69, 9.17) is 4.74 Å². The maximum absolute atomic E-state index is 11.2. The summed E-state index contributed by atoms with van der Waals surface area (Å²) in [5.41, 5.74) is 0.532. The third-order valence-electron chi connectivity index (χ3n) is 3.54. The van der Waals surface area contributed by atoms with Crippen LogP contribution in [-0.4, -0.2) is 21.8 Å². The molecule has 3 rings (SSSR count). The van der Waals surface area contributed by atoms with E-state index in [1.807, 2.05) is 11.6 Å². The van der Waals surface area contributed by atoms with Crippen LogP contribution in [-0.2, 0) is 0 Å². The fraction of sp³-hybridized carbons (Fsp3) is 0.538. The van der Waals surface area contributed by atoms with Crippen molar-refractivity contribution in [3.05, 3.63) is 17.3 Å². The fourth-order valence-corrected chi connectivity index (χ4v) is 3.33. The third kappa shape index (κ3) is 2.03. The van der Waals surface area contributed by atoms with E-state index in [-0.39, 0.29) is 6.10 Å². The van der Waals surface area contributed by atoms with Gasteiger partial charge in [0.15, 0.2) is 16.9 Å². The van der Waals surface area contributed by atoms with E-state index < -0.39 is 0 Å². The molecule has 1 aliphatic carbocycles. The van der Waals surface area contributed by atoms with Crippen LogP contribution in [0.5, 0.6) is 5.88 Å². The third-order valence-corrected chi connectivity index (χ3v) is 4.30. The van der Waals surface area contributed by atoms with Gasteiger partial charge in [-0.05, 0) is 25.2 Å². The molecule has 4 nitrogen and oxygen atoms in total. The highest BCUT2D eigenvalue weighted by atomic mass is 32.1. The second kappa shape index (κ2) is 4.72. The summed E-state index contributed by atoms with van der Waals surface area (Å²) in [6.07, 6.45) is 7.49. The molecule has 2 unspecified atom stereocenters. The number of nitrogens with zero attached hydrogens (tertiary/aromatic N) is 2. The molecule has 5 heteroatoms. The monoisotopic (exact) mass is 264 g/mol. The molecule has 1 saturated carbocycles. The molecule has 0 aliphatic heterocycles. The van der Waals surface area contributed by atoms with Gasteiger partial charge < -0.3 is 4.74 Å². The van der Waals surface area contributed by atoms with Crippen LogP contribution in [0.15, 0.2) is 11.6 Å². The van der Waals surface area contributed by atoms with Crippen molar-refractivity contribution in [1.29, 1.82) is 0 Å². The lowest BCUT2D eigenvalue weighted by Crippen LogP contribution is -2.24. The second-order valence-corrected chi connectivity index (χ2v) is 5.86. The lowest BCUT2D eigenvalue weighted by molar-refractivity contribution is 0.108. The smallest absolute Gasteiger partial charge is 0.244 e. The minimum absolute atomic E-state index is 0.206. The number of rotatable bonds is 3. The number of carbonyl (C=O) groups excluding carboxylic acids is 1. The van der Waals surface area contributed by atoms with Crippen LogP contribution in [0.25, 0.3) is 4.96 Å².